The zero-order chi connectivity index (χ0) is 19.6. The first kappa shape index (κ1) is 18.8. The van der Waals surface area contributed by atoms with Crippen LogP contribution in [0.2, 0.25) is 5.02 Å². The first-order valence-corrected chi connectivity index (χ1v) is 8.73. The Morgan fingerprint density at radius 3 is 2.41 bits per heavy atom. The maximum absolute atomic E-state index is 12.7. The zero-order valence-corrected chi connectivity index (χ0v) is 16.0. The van der Waals surface area contributed by atoms with Gasteiger partial charge in [-0.15, -0.1) is 0 Å². The van der Waals surface area contributed by atoms with Gasteiger partial charge in [0.1, 0.15) is 5.57 Å². The second kappa shape index (κ2) is 7.72. The van der Waals surface area contributed by atoms with Crippen LogP contribution in [-0.2, 0) is 16.0 Å². The number of hydrogen-bond acceptors (Lipinski definition) is 4. The Labute approximate surface area is 162 Å². The number of carbonyl (C=O) groups excluding carboxylic acids is 2. The highest BCUT2D eigenvalue weighted by Crippen LogP contribution is 2.37. The topological polar surface area (TPSA) is 67.9 Å². The number of ether oxygens (including phenoxy) is 2. The SMILES string of the molecule is CCc1ccc(N2NC(=O)C(=Cc3cc(Cl)c(OC)c(OC)c3)C2=O)cc1. The fraction of sp³-hybridized carbons (Fsp3) is 0.200. The van der Waals surface area contributed by atoms with Gasteiger partial charge in [0.2, 0.25) is 0 Å². The van der Waals surface area contributed by atoms with Crippen LogP contribution < -0.4 is 19.9 Å². The monoisotopic (exact) mass is 386 g/mol. The van der Waals surface area contributed by atoms with Crippen molar-refractivity contribution in [2.45, 2.75) is 13.3 Å². The van der Waals surface area contributed by atoms with Crippen molar-refractivity contribution < 1.29 is 19.1 Å². The molecule has 2 aromatic carbocycles. The van der Waals surface area contributed by atoms with E-state index < -0.39 is 11.8 Å². The predicted octanol–water partition coefficient (Wildman–Crippen LogP) is 3.38. The number of rotatable bonds is 5. The van der Waals surface area contributed by atoms with Crippen molar-refractivity contribution in [1.29, 1.82) is 0 Å². The number of methoxy groups -OCH3 is 2. The molecule has 0 saturated carbocycles. The number of halogens is 1. The van der Waals surface area contributed by atoms with Crippen LogP contribution in [0, 0.1) is 0 Å². The second-order valence-corrected chi connectivity index (χ2v) is 6.30. The number of hydrogen-bond donors (Lipinski definition) is 1. The van der Waals surface area contributed by atoms with Gasteiger partial charge in [0, 0.05) is 0 Å². The van der Waals surface area contributed by atoms with Crippen molar-refractivity contribution in [2.24, 2.45) is 0 Å². The van der Waals surface area contributed by atoms with Gasteiger partial charge in [0.15, 0.2) is 11.5 Å². The third kappa shape index (κ3) is 3.61. The molecule has 1 aliphatic heterocycles. The molecule has 0 aromatic heterocycles. The molecule has 0 radical (unpaired) electrons. The largest absolute Gasteiger partial charge is 0.493 e. The molecule has 3 rings (SSSR count). The van der Waals surface area contributed by atoms with Gasteiger partial charge in [-0.05, 0) is 47.9 Å². The van der Waals surface area contributed by atoms with Crippen LogP contribution in [-0.4, -0.2) is 26.0 Å². The first-order chi connectivity index (χ1) is 13.0. The maximum atomic E-state index is 12.7. The average Bonchev–Trinajstić information content (AvgIpc) is 2.95. The minimum atomic E-state index is -0.481. The number of benzene rings is 2. The first-order valence-electron chi connectivity index (χ1n) is 8.36. The summed E-state index contributed by atoms with van der Waals surface area (Å²) in [5, 5.41) is 1.55. The Balaban J connectivity index is 1.94. The number of hydrazine groups is 1. The molecule has 1 heterocycles. The maximum Gasteiger partial charge on any atom is 0.282 e. The van der Waals surface area contributed by atoms with Gasteiger partial charge < -0.3 is 9.47 Å². The van der Waals surface area contributed by atoms with Gasteiger partial charge in [0.05, 0.1) is 24.9 Å². The lowest BCUT2D eigenvalue weighted by Crippen LogP contribution is -2.35. The van der Waals surface area contributed by atoms with Gasteiger partial charge >= 0.3 is 0 Å². The highest BCUT2D eigenvalue weighted by Gasteiger charge is 2.34. The third-order valence-electron chi connectivity index (χ3n) is 4.26. The summed E-state index contributed by atoms with van der Waals surface area (Å²) in [4.78, 5) is 25.1. The van der Waals surface area contributed by atoms with E-state index in [9.17, 15) is 9.59 Å². The van der Waals surface area contributed by atoms with E-state index in [1.807, 2.05) is 19.1 Å². The standard InChI is InChI=1S/C20H19ClN2O4/c1-4-12-5-7-14(8-6-12)23-20(25)15(19(24)22-23)9-13-10-16(21)18(27-3)17(11-13)26-2/h5-11H,4H2,1-3H3,(H,22,24). The summed E-state index contributed by atoms with van der Waals surface area (Å²) in [6, 6.07) is 10.7. The number of anilines is 1. The molecule has 6 nitrogen and oxygen atoms in total. The van der Waals surface area contributed by atoms with Crippen LogP contribution in [0.4, 0.5) is 5.69 Å². The second-order valence-electron chi connectivity index (χ2n) is 5.90. The Morgan fingerprint density at radius 2 is 1.81 bits per heavy atom. The van der Waals surface area contributed by atoms with Crippen LogP contribution in [0.5, 0.6) is 11.5 Å². The van der Waals surface area contributed by atoms with Crippen LogP contribution in [0.15, 0.2) is 42.0 Å². The Morgan fingerprint density at radius 1 is 1.11 bits per heavy atom. The number of nitrogens with one attached hydrogen (secondary N) is 1. The summed E-state index contributed by atoms with van der Waals surface area (Å²) < 4.78 is 10.4. The van der Waals surface area contributed by atoms with Crippen molar-refractivity contribution in [3.8, 4) is 11.5 Å². The molecule has 0 atom stereocenters. The van der Waals surface area contributed by atoms with Crippen molar-refractivity contribution in [3.05, 3.63) is 58.1 Å². The van der Waals surface area contributed by atoms with E-state index in [2.05, 4.69) is 5.43 Å². The lowest BCUT2D eigenvalue weighted by atomic mass is 10.1. The van der Waals surface area contributed by atoms with E-state index in [1.165, 1.54) is 25.3 Å². The summed E-state index contributed by atoms with van der Waals surface area (Å²) >= 11 is 6.19. The minimum Gasteiger partial charge on any atom is -0.493 e. The number of nitrogens with zero attached hydrogens (tertiary/aromatic N) is 1. The van der Waals surface area contributed by atoms with Gasteiger partial charge in [0.25, 0.3) is 11.8 Å². The summed E-state index contributed by atoms with van der Waals surface area (Å²) in [5.74, 6) is -0.114. The molecule has 0 aliphatic carbocycles. The molecule has 0 spiro atoms. The van der Waals surface area contributed by atoms with Crippen LogP contribution in [0.1, 0.15) is 18.1 Å². The van der Waals surface area contributed by atoms with E-state index in [0.717, 1.165) is 12.0 Å². The van der Waals surface area contributed by atoms with Crippen molar-refractivity contribution in [3.63, 3.8) is 0 Å². The molecule has 1 saturated heterocycles. The van der Waals surface area contributed by atoms with E-state index in [-0.39, 0.29) is 5.57 Å². The highest BCUT2D eigenvalue weighted by molar-refractivity contribution is 6.33. The molecule has 27 heavy (non-hydrogen) atoms. The van der Waals surface area contributed by atoms with Crippen LogP contribution in [0.3, 0.4) is 0 Å². The van der Waals surface area contributed by atoms with Crippen LogP contribution >= 0.6 is 11.6 Å². The van der Waals surface area contributed by atoms with E-state index in [0.29, 0.717) is 27.8 Å². The van der Waals surface area contributed by atoms with E-state index in [1.54, 1.807) is 24.3 Å². The molecule has 0 unspecified atom stereocenters. The molecule has 1 fully saturated rings. The van der Waals surface area contributed by atoms with E-state index in [4.69, 9.17) is 21.1 Å². The molecular formula is C20H19ClN2O4. The summed E-state index contributed by atoms with van der Waals surface area (Å²) in [7, 11) is 2.97. The Kier molecular flexibility index (Phi) is 5.37. The molecule has 1 aliphatic rings. The Bertz CT molecular complexity index is 922. The minimum absolute atomic E-state index is 0.0119. The highest BCUT2D eigenvalue weighted by atomic mass is 35.5. The predicted molar refractivity (Wildman–Crippen MR) is 104 cm³/mol. The summed E-state index contributed by atoms with van der Waals surface area (Å²) in [6.45, 7) is 2.05. The smallest absolute Gasteiger partial charge is 0.282 e. The normalized spacial score (nSPS) is 15.3. The number of amides is 2. The van der Waals surface area contributed by atoms with Gasteiger partial charge in [-0.2, -0.15) is 0 Å². The van der Waals surface area contributed by atoms with Crippen LogP contribution in [0.25, 0.3) is 6.08 Å². The molecule has 0 bridgehead atoms. The average molecular weight is 387 g/mol. The zero-order valence-electron chi connectivity index (χ0n) is 15.2. The lowest BCUT2D eigenvalue weighted by Gasteiger charge is -2.14. The quantitative estimate of drug-likeness (QED) is 0.632. The fourth-order valence-corrected chi connectivity index (χ4v) is 3.10. The molecule has 7 heteroatoms. The third-order valence-corrected chi connectivity index (χ3v) is 4.54. The molecule has 2 amide bonds. The van der Waals surface area contributed by atoms with Gasteiger partial charge in [-0.25, -0.2) is 5.01 Å². The van der Waals surface area contributed by atoms with Gasteiger partial charge in [-0.3, -0.25) is 15.0 Å². The number of aryl methyl sites for hydroxylation is 1. The molecule has 2 aromatic rings. The lowest BCUT2D eigenvalue weighted by molar-refractivity contribution is -0.117. The van der Waals surface area contributed by atoms with Gasteiger partial charge in [-0.1, -0.05) is 30.7 Å². The molecular weight excluding hydrogens is 368 g/mol. The van der Waals surface area contributed by atoms with E-state index >= 15 is 0 Å². The van der Waals surface area contributed by atoms with Crippen molar-refractivity contribution in [1.82, 2.24) is 5.43 Å². The molecule has 1 N–H and O–H groups in total. The van der Waals surface area contributed by atoms with Crippen molar-refractivity contribution >= 4 is 35.2 Å². The number of carbonyl (C=O) groups is 2. The fourth-order valence-electron chi connectivity index (χ4n) is 2.81. The molecule has 140 valence electrons. The van der Waals surface area contributed by atoms with Crippen molar-refractivity contribution in [2.75, 3.05) is 19.2 Å². The summed E-state index contributed by atoms with van der Waals surface area (Å²) in [5.41, 5.74) is 4.89. The summed E-state index contributed by atoms with van der Waals surface area (Å²) in [6.07, 6.45) is 2.37. The Hall–Kier alpha value is -2.99.